The molecule has 1 aliphatic rings. The molecule has 0 radical (unpaired) electrons. The van der Waals surface area contributed by atoms with E-state index in [4.69, 9.17) is 5.73 Å². The van der Waals surface area contributed by atoms with Gasteiger partial charge in [-0.05, 0) is 38.6 Å². The zero-order valence-corrected chi connectivity index (χ0v) is 9.95. The molecule has 16 heavy (non-hydrogen) atoms. The van der Waals surface area contributed by atoms with Gasteiger partial charge in [-0.15, -0.1) is 0 Å². The van der Waals surface area contributed by atoms with E-state index in [1.807, 2.05) is 6.07 Å². The number of benzene rings is 1. The van der Waals surface area contributed by atoms with Gasteiger partial charge in [-0.1, -0.05) is 18.2 Å². The zero-order valence-electron chi connectivity index (χ0n) is 9.95. The third-order valence-corrected chi connectivity index (χ3v) is 3.34. The Balaban J connectivity index is 2.10. The highest BCUT2D eigenvalue weighted by molar-refractivity contribution is 5.45. The number of piperidine rings is 1. The standard InChI is InChI=1S/C13H21N3/c1-16-9-5-8-13(10-14,11-16)15-12-6-3-2-4-7-12/h2-4,6-7,15H,5,8-11,14H2,1H3. The third kappa shape index (κ3) is 2.54. The average molecular weight is 219 g/mol. The lowest BCUT2D eigenvalue weighted by atomic mass is 9.89. The van der Waals surface area contributed by atoms with E-state index < -0.39 is 0 Å². The van der Waals surface area contributed by atoms with Crippen LogP contribution in [0.5, 0.6) is 0 Å². The van der Waals surface area contributed by atoms with E-state index >= 15 is 0 Å². The van der Waals surface area contributed by atoms with Crippen LogP contribution in [-0.4, -0.2) is 37.1 Å². The van der Waals surface area contributed by atoms with Crippen molar-refractivity contribution >= 4 is 5.69 Å². The van der Waals surface area contributed by atoms with Crippen LogP contribution >= 0.6 is 0 Å². The first-order valence-corrected chi connectivity index (χ1v) is 5.96. The van der Waals surface area contributed by atoms with Gasteiger partial charge in [0.2, 0.25) is 0 Å². The quantitative estimate of drug-likeness (QED) is 0.810. The molecular weight excluding hydrogens is 198 g/mol. The Bertz CT molecular complexity index is 325. The highest BCUT2D eigenvalue weighted by atomic mass is 15.2. The number of nitrogens with zero attached hydrogens (tertiary/aromatic N) is 1. The normalized spacial score (nSPS) is 26.6. The lowest BCUT2D eigenvalue weighted by Crippen LogP contribution is -2.56. The Kier molecular flexibility index (Phi) is 3.46. The van der Waals surface area contributed by atoms with Gasteiger partial charge >= 0.3 is 0 Å². The zero-order chi connectivity index (χ0) is 11.4. The predicted molar refractivity (Wildman–Crippen MR) is 68.6 cm³/mol. The highest BCUT2D eigenvalue weighted by Crippen LogP contribution is 2.24. The first-order chi connectivity index (χ1) is 7.74. The van der Waals surface area contributed by atoms with Crippen LogP contribution in [0.4, 0.5) is 5.69 Å². The SMILES string of the molecule is CN1CCCC(CN)(Nc2ccccc2)C1. The van der Waals surface area contributed by atoms with Gasteiger partial charge in [-0.3, -0.25) is 0 Å². The molecule has 0 aliphatic carbocycles. The van der Waals surface area contributed by atoms with Crippen molar-refractivity contribution in [3.63, 3.8) is 0 Å². The second-order valence-corrected chi connectivity index (χ2v) is 4.82. The smallest absolute Gasteiger partial charge is 0.0622 e. The molecule has 0 aromatic heterocycles. The summed E-state index contributed by atoms with van der Waals surface area (Å²) in [5.74, 6) is 0. The first-order valence-electron chi connectivity index (χ1n) is 5.96. The van der Waals surface area contributed by atoms with E-state index in [2.05, 4.69) is 41.5 Å². The average Bonchev–Trinajstić information content (AvgIpc) is 2.30. The summed E-state index contributed by atoms with van der Waals surface area (Å²) in [4.78, 5) is 2.35. The molecular formula is C13H21N3. The molecule has 3 nitrogen and oxygen atoms in total. The Hall–Kier alpha value is -1.06. The maximum Gasteiger partial charge on any atom is 0.0622 e. The van der Waals surface area contributed by atoms with E-state index in [-0.39, 0.29) is 5.54 Å². The molecule has 1 unspecified atom stereocenters. The van der Waals surface area contributed by atoms with Crippen molar-refractivity contribution < 1.29 is 0 Å². The summed E-state index contributed by atoms with van der Waals surface area (Å²) in [7, 11) is 2.16. The van der Waals surface area contributed by atoms with Gasteiger partial charge in [0.05, 0.1) is 5.54 Å². The van der Waals surface area contributed by atoms with Crippen molar-refractivity contribution in [2.75, 3.05) is 32.0 Å². The fraction of sp³-hybridized carbons (Fsp3) is 0.538. The molecule has 1 aromatic carbocycles. The number of nitrogens with one attached hydrogen (secondary N) is 1. The Morgan fingerprint density at radius 2 is 2.12 bits per heavy atom. The van der Waals surface area contributed by atoms with Crippen LogP contribution in [0.2, 0.25) is 0 Å². The number of anilines is 1. The van der Waals surface area contributed by atoms with Crippen molar-refractivity contribution in [2.24, 2.45) is 5.73 Å². The molecule has 88 valence electrons. The molecule has 1 saturated heterocycles. The van der Waals surface area contributed by atoms with Gasteiger partial charge in [-0.25, -0.2) is 0 Å². The summed E-state index contributed by atoms with van der Waals surface area (Å²) in [6.45, 7) is 2.89. The van der Waals surface area contributed by atoms with Crippen molar-refractivity contribution in [3.8, 4) is 0 Å². The van der Waals surface area contributed by atoms with Crippen LogP contribution in [-0.2, 0) is 0 Å². The van der Waals surface area contributed by atoms with E-state index in [9.17, 15) is 0 Å². The van der Waals surface area contributed by atoms with Crippen molar-refractivity contribution in [1.82, 2.24) is 4.90 Å². The predicted octanol–water partition coefficient (Wildman–Crippen LogP) is 1.52. The molecule has 1 aliphatic heterocycles. The largest absolute Gasteiger partial charge is 0.377 e. The number of likely N-dealkylation sites (tertiary alicyclic amines) is 1. The molecule has 2 rings (SSSR count). The molecule has 0 bridgehead atoms. The van der Waals surface area contributed by atoms with Gasteiger partial charge in [0.15, 0.2) is 0 Å². The molecule has 1 atom stereocenters. The van der Waals surface area contributed by atoms with Crippen molar-refractivity contribution in [2.45, 2.75) is 18.4 Å². The van der Waals surface area contributed by atoms with Gasteiger partial charge in [0, 0.05) is 18.8 Å². The number of para-hydroxylation sites is 1. The Morgan fingerprint density at radius 3 is 2.75 bits per heavy atom. The van der Waals surface area contributed by atoms with Crippen LogP contribution in [0.25, 0.3) is 0 Å². The first kappa shape index (κ1) is 11.4. The molecule has 1 fully saturated rings. The summed E-state index contributed by atoms with van der Waals surface area (Å²) < 4.78 is 0. The second kappa shape index (κ2) is 4.85. The Morgan fingerprint density at radius 1 is 1.38 bits per heavy atom. The fourth-order valence-corrected chi connectivity index (χ4v) is 2.51. The molecule has 3 N–H and O–H groups in total. The second-order valence-electron chi connectivity index (χ2n) is 4.82. The molecule has 0 amide bonds. The molecule has 1 aromatic rings. The van der Waals surface area contributed by atoms with Crippen molar-refractivity contribution in [3.05, 3.63) is 30.3 Å². The van der Waals surface area contributed by atoms with Crippen LogP contribution in [0.3, 0.4) is 0 Å². The lowest BCUT2D eigenvalue weighted by molar-refractivity contribution is 0.198. The minimum Gasteiger partial charge on any atom is -0.377 e. The van der Waals surface area contributed by atoms with Gasteiger partial charge in [0.1, 0.15) is 0 Å². The summed E-state index contributed by atoms with van der Waals surface area (Å²) >= 11 is 0. The summed E-state index contributed by atoms with van der Waals surface area (Å²) in [6.07, 6.45) is 2.37. The summed E-state index contributed by atoms with van der Waals surface area (Å²) in [6, 6.07) is 10.4. The monoisotopic (exact) mass is 219 g/mol. The van der Waals surface area contributed by atoms with E-state index in [1.165, 1.54) is 18.7 Å². The summed E-state index contributed by atoms with van der Waals surface area (Å²) in [5.41, 5.74) is 7.18. The van der Waals surface area contributed by atoms with Crippen LogP contribution < -0.4 is 11.1 Å². The molecule has 1 heterocycles. The topological polar surface area (TPSA) is 41.3 Å². The minimum absolute atomic E-state index is 0.0500. The van der Waals surface area contributed by atoms with Crippen LogP contribution in [0.15, 0.2) is 30.3 Å². The van der Waals surface area contributed by atoms with Gasteiger partial charge in [0.25, 0.3) is 0 Å². The number of hydrogen-bond donors (Lipinski definition) is 2. The molecule has 0 spiro atoms. The van der Waals surface area contributed by atoms with E-state index in [1.54, 1.807) is 0 Å². The van der Waals surface area contributed by atoms with Crippen LogP contribution in [0, 0.1) is 0 Å². The van der Waals surface area contributed by atoms with Gasteiger partial charge in [-0.2, -0.15) is 0 Å². The van der Waals surface area contributed by atoms with Crippen molar-refractivity contribution in [1.29, 1.82) is 0 Å². The summed E-state index contributed by atoms with van der Waals surface area (Å²) in [5, 5.41) is 3.61. The highest BCUT2D eigenvalue weighted by Gasteiger charge is 2.32. The maximum absolute atomic E-state index is 5.96. The number of rotatable bonds is 3. The maximum atomic E-state index is 5.96. The minimum atomic E-state index is 0.0500. The third-order valence-electron chi connectivity index (χ3n) is 3.34. The number of hydrogen-bond acceptors (Lipinski definition) is 3. The molecule has 3 heteroatoms. The lowest BCUT2D eigenvalue weighted by Gasteiger charge is -2.42. The molecule has 0 saturated carbocycles. The Labute approximate surface area is 97.6 Å². The van der Waals surface area contributed by atoms with E-state index in [0.29, 0.717) is 6.54 Å². The fourth-order valence-electron chi connectivity index (χ4n) is 2.51. The number of nitrogens with two attached hydrogens (primary N) is 1. The number of likely N-dealkylation sites (N-methyl/N-ethyl adjacent to an activating group) is 1. The van der Waals surface area contributed by atoms with Gasteiger partial charge < -0.3 is 16.0 Å². The van der Waals surface area contributed by atoms with E-state index in [0.717, 1.165) is 13.0 Å². The van der Waals surface area contributed by atoms with Crippen LogP contribution in [0.1, 0.15) is 12.8 Å².